The van der Waals surface area contributed by atoms with E-state index in [9.17, 15) is 4.79 Å². The molecule has 3 N–H and O–H groups in total. The molecule has 1 atom stereocenters. The summed E-state index contributed by atoms with van der Waals surface area (Å²) >= 11 is 0. The van der Waals surface area contributed by atoms with E-state index >= 15 is 0 Å². The number of carbonyl (C=O) groups is 1. The van der Waals surface area contributed by atoms with E-state index < -0.39 is 5.92 Å². The number of hydrogen-bond acceptors (Lipinski definition) is 5. The molecule has 2 aliphatic rings. The lowest BCUT2D eigenvalue weighted by atomic mass is 9.85. The van der Waals surface area contributed by atoms with Gasteiger partial charge in [-0.1, -0.05) is 36.4 Å². The third kappa shape index (κ3) is 4.56. The van der Waals surface area contributed by atoms with Gasteiger partial charge in [0.25, 0.3) is 0 Å². The maximum atomic E-state index is 13.3. The van der Waals surface area contributed by atoms with Crippen molar-refractivity contribution in [2.45, 2.75) is 18.9 Å². The minimum absolute atomic E-state index is 0.0896. The zero-order valence-electron chi connectivity index (χ0n) is 16.6. The highest BCUT2D eigenvalue weighted by atomic mass is 16.5. The fraction of sp³-hybridized carbons (Fsp3) is 0.391. The number of aliphatic imine (C=N–C) groups is 1. The molecule has 2 heterocycles. The molecule has 1 unspecified atom stereocenters. The highest BCUT2D eigenvalue weighted by molar-refractivity contribution is 6.25. The first-order chi connectivity index (χ1) is 14.3. The van der Waals surface area contributed by atoms with Crippen molar-refractivity contribution in [2.75, 3.05) is 44.7 Å². The number of amidine groups is 1. The molecule has 2 aromatic rings. The standard InChI is InChI=1S/C23H28N4O2/c24-16-17-6-8-18(9-7-17)21-22(28)19-4-1-2-5-20(19)26-23(21)25-10-3-11-27-12-14-29-15-13-27/h1-2,4-9,21H,3,10-16,24H2,(H,25,26). The molecule has 0 spiro atoms. The summed E-state index contributed by atoms with van der Waals surface area (Å²) in [6.07, 6.45) is 0.958. The second-order valence-corrected chi connectivity index (χ2v) is 7.49. The Bertz CT molecular complexity index is 873. The van der Waals surface area contributed by atoms with E-state index in [4.69, 9.17) is 15.5 Å². The van der Waals surface area contributed by atoms with E-state index in [0.717, 1.165) is 61.9 Å². The Morgan fingerprint density at radius 3 is 2.62 bits per heavy atom. The average molecular weight is 393 g/mol. The molecule has 2 aliphatic heterocycles. The van der Waals surface area contributed by atoms with Gasteiger partial charge in [-0.05, 0) is 29.7 Å². The van der Waals surface area contributed by atoms with Gasteiger partial charge in [0, 0.05) is 38.3 Å². The predicted molar refractivity (Wildman–Crippen MR) is 116 cm³/mol. The van der Waals surface area contributed by atoms with Gasteiger partial charge in [-0.15, -0.1) is 0 Å². The first-order valence-corrected chi connectivity index (χ1v) is 10.3. The van der Waals surface area contributed by atoms with E-state index in [-0.39, 0.29) is 5.78 Å². The van der Waals surface area contributed by atoms with Gasteiger partial charge in [-0.3, -0.25) is 14.7 Å². The lowest BCUT2D eigenvalue weighted by molar-refractivity contribution is 0.0377. The van der Waals surface area contributed by atoms with Crippen molar-refractivity contribution in [1.29, 1.82) is 0 Å². The number of hydrogen-bond donors (Lipinski definition) is 2. The third-order valence-electron chi connectivity index (χ3n) is 5.56. The molecule has 1 fully saturated rings. The second kappa shape index (κ2) is 9.31. The van der Waals surface area contributed by atoms with Gasteiger partial charge in [0.15, 0.2) is 5.78 Å². The van der Waals surface area contributed by atoms with Crippen molar-refractivity contribution >= 4 is 17.3 Å². The number of para-hydroxylation sites is 1. The Balaban J connectivity index is 1.53. The minimum atomic E-state index is -0.403. The highest BCUT2D eigenvalue weighted by Gasteiger charge is 2.33. The Morgan fingerprint density at radius 1 is 1.10 bits per heavy atom. The molecule has 0 aromatic heterocycles. The Labute approximate surface area is 171 Å². The minimum Gasteiger partial charge on any atom is -0.379 e. The fourth-order valence-electron chi connectivity index (χ4n) is 3.90. The predicted octanol–water partition coefficient (Wildman–Crippen LogP) is 2.66. The van der Waals surface area contributed by atoms with Crippen molar-refractivity contribution in [3.8, 4) is 0 Å². The smallest absolute Gasteiger partial charge is 0.179 e. The summed E-state index contributed by atoms with van der Waals surface area (Å²) in [7, 11) is 0. The highest BCUT2D eigenvalue weighted by Crippen LogP contribution is 2.32. The van der Waals surface area contributed by atoms with Crippen LogP contribution in [-0.4, -0.2) is 55.9 Å². The van der Waals surface area contributed by atoms with E-state index in [1.54, 1.807) is 0 Å². The SMILES string of the molecule is NCc1ccc(C2C(=O)c3ccccc3NC2=NCCCN2CCOCC2)cc1. The van der Waals surface area contributed by atoms with Crippen LogP contribution < -0.4 is 11.1 Å². The first-order valence-electron chi connectivity index (χ1n) is 10.3. The summed E-state index contributed by atoms with van der Waals surface area (Å²) in [6, 6.07) is 15.6. The van der Waals surface area contributed by atoms with Crippen molar-refractivity contribution in [3.63, 3.8) is 0 Å². The van der Waals surface area contributed by atoms with Crippen LogP contribution in [0.3, 0.4) is 0 Å². The van der Waals surface area contributed by atoms with Crippen LogP contribution in [0, 0.1) is 0 Å². The summed E-state index contributed by atoms with van der Waals surface area (Å²) in [5, 5.41) is 3.41. The number of nitrogens with one attached hydrogen (secondary N) is 1. The van der Waals surface area contributed by atoms with Crippen LogP contribution in [-0.2, 0) is 11.3 Å². The summed E-state index contributed by atoms with van der Waals surface area (Å²) in [4.78, 5) is 20.5. The molecule has 29 heavy (non-hydrogen) atoms. The average Bonchev–Trinajstić information content (AvgIpc) is 2.78. The molecular weight excluding hydrogens is 364 g/mol. The Morgan fingerprint density at radius 2 is 1.86 bits per heavy atom. The maximum absolute atomic E-state index is 13.3. The lowest BCUT2D eigenvalue weighted by Crippen LogP contribution is -2.37. The van der Waals surface area contributed by atoms with Crippen molar-refractivity contribution < 1.29 is 9.53 Å². The number of anilines is 1. The topological polar surface area (TPSA) is 80.0 Å². The first kappa shape index (κ1) is 19.8. The van der Waals surface area contributed by atoms with E-state index in [1.807, 2.05) is 48.5 Å². The number of rotatable bonds is 6. The zero-order valence-corrected chi connectivity index (χ0v) is 16.6. The fourth-order valence-corrected chi connectivity index (χ4v) is 3.90. The number of ketones is 1. The molecule has 6 nitrogen and oxygen atoms in total. The van der Waals surface area contributed by atoms with Gasteiger partial charge in [0.05, 0.1) is 18.9 Å². The molecule has 0 radical (unpaired) electrons. The van der Waals surface area contributed by atoms with Crippen LogP contribution >= 0.6 is 0 Å². The van der Waals surface area contributed by atoms with Crippen LogP contribution in [0.4, 0.5) is 5.69 Å². The second-order valence-electron chi connectivity index (χ2n) is 7.49. The Kier molecular flexibility index (Phi) is 6.34. The Hall–Kier alpha value is -2.54. The normalized spacial score (nSPS) is 21.1. The van der Waals surface area contributed by atoms with E-state index in [2.05, 4.69) is 10.2 Å². The van der Waals surface area contributed by atoms with Crippen molar-refractivity contribution in [3.05, 3.63) is 65.2 Å². The number of fused-ring (bicyclic) bond motifs is 1. The lowest BCUT2D eigenvalue weighted by Gasteiger charge is -2.28. The molecular formula is C23H28N4O2. The maximum Gasteiger partial charge on any atom is 0.179 e. The molecule has 0 amide bonds. The molecule has 152 valence electrons. The quantitative estimate of drug-likeness (QED) is 0.739. The van der Waals surface area contributed by atoms with Crippen LogP contribution in [0.25, 0.3) is 0 Å². The number of carbonyl (C=O) groups excluding carboxylic acids is 1. The van der Waals surface area contributed by atoms with Gasteiger partial charge in [-0.25, -0.2) is 0 Å². The van der Waals surface area contributed by atoms with Gasteiger partial charge in [0.2, 0.25) is 0 Å². The molecule has 6 heteroatoms. The zero-order chi connectivity index (χ0) is 20.1. The van der Waals surface area contributed by atoms with Crippen LogP contribution in [0.5, 0.6) is 0 Å². The number of ether oxygens (including phenoxy) is 1. The van der Waals surface area contributed by atoms with Gasteiger partial charge < -0.3 is 15.8 Å². The van der Waals surface area contributed by atoms with Gasteiger partial charge >= 0.3 is 0 Å². The number of morpholine rings is 1. The molecule has 2 aromatic carbocycles. The molecule has 0 saturated carbocycles. The van der Waals surface area contributed by atoms with Crippen molar-refractivity contribution in [1.82, 2.24) is 4.90 Å². The van der Waals surface area contributed by atoms with Crippen LogP contribution in [0.15, 0.2) is 53.5 Å². The van der Waals surface area contributed by atoms with Crippen LogP contribution in [0.1, 0.15) is 33.8 Å². The van der Waals surface area contributed by atoms with Gasteiger partial charge in [-0.2, -0.15) is 0 Å². The number of Topliss-reactive ketones (excluding diaryl/α,β-unsaturated/α-hetero) is 1. The van der Waals surface area contributed by atoms with E-state index in [1.165, 1.54) is 0 Å². The molecule has 0 bridgehead atoms. The van der Waals surface area contributed by atoms with Crippen molar-refractivity contribution in [2.24, 2.45) is 10.7 Å². The number of nitrogens with zero attached hydrogens (tertiary/aromatic N) is 2. The molecule has 0 aliphatic carbocycles. The number of nitrogens with two attached hydrogens (primary N) is 1. The molecule has 1 saturated heterocycles. The number of benzene rings is 2. The van der Waals surface area contributed by atoms with Gasteiger partial charge in [0.1, 0.15) is 11.8 Å². The monoisotopic (exact) mass is 392 g/mol. The van der Waals surface area contributed by atoms with E-state index in [0.29, 0.717) is 18.7 Å². The summed E-state index contributed by atoms with van der Waals surface area (Å²) in [5.41, 5.74) is 9.27. The summed E-state index contributed by atoms with van der Waals surface area (Å²) in [6.45, 7) is 5.76. The molecule has 4 rings (SSSR count). The summed E-state index contributed by atoms with van der Waals surface area (Å²) < 4.78 is 5.40. The largest absolute Gasteiger partial charge is 0.379 e. The third-order valence-corrected chi connectivity index (χ3v) is 5.56. The summed E-state index contributed by atoms with van der Waals surface area (Å²) in [5.74, 6) is 0.420. The van der Waals surface area contributed by atoms with Crippen LogP contribution in [0.2, 0.25) is 0 Å².